The van der Waals surface area contributed by atoms with Crippen LogP contribution in [0, 0.1) is 29.1 Å². The summed E-state index contributed by atoms with van der Waals surface area (Å²) in [6.45, 7) is 10.5. The van der Waals surface area contributed by atoms with Crippen LogP contribution in [0.5, 0.6) is 0 Å². The zero-order chi connectivity index (χ0) is 26.9. The van der Waals surface area contributed by atoms with Crippen LogP contribution in [-0.2, 0) is 4.74 Å². The molecule has 0 heterocycles. The monoisotopic (exact) mass is 481 g/mol. The number of hydrogen-bond acceptors (Lipinski definition) is 5. The van der Waals surface area contributed by atoms with Gasteiger partial charge in [0.2, 0.25) is 0 Å². The zero-order valence-corrected chi connectivity index (χ0v) is 22.8. The third-order valence-electron chi connectivity index (χ3n) is 4.76. The van der Waals surface area contributed by atoms with Gasteiger partial charge in [-0.15, -0.1) is 6.42 Å². The van der Waals surface area contributed by atoms with Crippen LogP contribution in [0.3, 0.4) is 0 Å². The molecule has 0 spiro atoms. The summed E-state index contributed by atoms with van der Waals surface area (Å²) in [6, 6.07) is 1.99. The minimum atomic E-state index is -0.0459. The molecule has 0 bridgehead atoms. The van der Waals surface area contributed by atoms with Crippen molar-refractivity contribution in [2.75, 3.05) is 20.2 Å². The number of nitriles is 1. The van der Waals surface area contributed by atoms with Crippen molar-refractivity contribution in [2.24, 2.45) is 0 Å². The lowest BCUT2D eigenvalue weighted by atomic mass is 9.97. The van der Waals surface area contributed by atoms with E-state index in [1.165, 1.54) is 43.8 Å². The molecule has 0 aromatic rings. The lowest BCUT2D eigenvalue weighted by molar-refractivity contribution is 0.155. The summed E-state index contributed by atoms with van der Waals surface area (Å²) in [5.74, 6) is 2.70. The number of ether oxygens (including phenoxy) is 1. The summed E-state index contributed by atoms with van der Waals surface area (Å²) in [5.41, 5.74) is 3.50. The maximum absolute atomic E-state index is 8.87. The lowest BCUT2D eigenvalue weighted by Gasteiger charge is -2.11. The molecule has 35 heavy (non-hydrogen) atoms. The number of allylic oxidation sites excluding steroid dienone is 7. The van der Waals surface area contributed by atoms with Gasteiger partial charge in [-0.05, 0) is 65.5 Å². The largest absolute Gasteiger partial charge is 0.489 e. The van der Waals surface area contributed by atoms with E-state index in [1.54, 1.807) is 6.08 Å². The molecule has 0 aromatic heterocycles. The van der Waals surface area contributed by atoms with Crippen molar-refractivity contribution in [3.63, 3.8) is 0 Å². The van der Waals surface area contributed by atoms with Crippen molar-refractivity contribution in [3.05, 3.63) is 58.9 Å². The number of hydrogen-bond donors (Lipinski definition) is 3. The molecule has 0 saturated carbocycles. The molecular weight excluding hydrogens is 434 g/mol. The van der Waals surface area contributed by atoms with Gasteiger partial charge in [-0.3, -0.25) is 0 Å². The Labute approximate surface area is 214 Å². The van der Waals surface area contributed by atoms with Gasteiger partial charge in [0, 0.05) is 19.2 Å². The molecule has 5 nitrogen and oxygen atoms in total. The molecule has 0 radical (unpaired) electrons. The van der Waals surface area contributed by atoms with E-state index >= 15 is 0 Å². The highest BCUT2D eigenvalue weighted by molar-refractivity contribution is 6.02. The first-order chi connectivity index (χ1) is 16.9. The van der Waals surface area contributed by atoms with Crippen molar-refractivity contribution in [1.82, 2.24) is 5.32 Å². The van der Waals surface area contributed by atoms with Gasteiger partial charge in [0.1, 0.15) is 11.8 Å². The Morgan fingerprint density at radius 3 is 2.51 bits per heavy atom. The molecule has 1 rings (SSSR count). The minimum absolute atomic E-state index is 0.00378. The first-order valence-electron chi connectivity index (χ1n) is 12.7. The van der Waals surface area contributed by atoms with Crippen LogP contribution in [0.1, 0.15) is 79.6 Å². The van der Waals surface area contributed by atoms with Gasteiger partial charge in [0.05, 0.1) is 17.4 Å². The fourth-order valence-corrected chi connectivity index (χ4v) is 3.15. The average molecular weight is 482 g/mol. The van der Waals surface area contributed by atoms with Crippen LogP contribution in [0.25, 0.3) is 0 Å². The normalized spacial score (nSPS) is 17.8. The minimum Gasteiger partial charge on any atom is -0.489 e. The van der Waals surface area contributed by atoms with Crippen molar-refractivity contribution < 1.29 is 9.84 Å². The van der Waals surface area contributed by atoms with Crippen LogP contribution in [0.2, 0.25) is 0 Å². The van der Waals surface area contributed by atoms with Crippen LogP contribution >= 0.6 is 0 Å². The third kappa shape index (κ3) is 18.2. The molecule has 1 aliphatic carbocycles. The smallest absolute Gasteiger partial charge is 0.145 e. The van der Waals surface area contributed by atoms with E-state index in [4.69, 9.17) is 26.9 Å². The maximum Gasteiger partial charge on any atom is 0.145 e. The van der Waals surface area contributed by atoms with Crippen LogP contribution in [0.4, 0.5) is 0 Å². The summed E-state index contributed by atoms with van der Waals surface area (Å²) < 4.78 is 5.39. The summed E-state index contributed by atoms with van der Waals surface area (Å²) >= 11 is 0. The quantitative estimate of drug-likeness (QED) is 0.117. The number of nitrogens with zero attached hydrogens (tertiary/aromatic N) is 1. The predicted molar refractivity (Wildman–Crippen MR) is 150 cm³/mol. The van der Waals surface area contributed by atoms with Gasteiger partial charge in [0.25, 0.3) is 0 Å². The van der Waals surface area contributed by atoms with Crippen molar-refractivity contribution in [3.8, 4) is 18.4 Å². The zero-order valence-electron chi connectivity index (χ0n) is 22.8. The predicted octanol–water partition coefficient (Wildman–Crippen LogP) is 6.80. The Hall–Kier alpha value is -2.86. The number of aliphatic hydroxyl groups is 1. The molecule has 0 aliphatic heterocycles. The summed E-state index contributed by atoms with van der Waals surface area (Å²) in [6.07, 6.45) is 24.5. The fraction of sp³-hybridized carbons (Fsp3) is 0.533. The molecule has 0 aromatic carbocycles. The number of rotatable bonds is 8. The van der Waals surface area contributed by atoms with Gasteiger partial charge in [0.15, 0.2) is 0 Å². The molecule has 194 valence electrons. The fourth-order valence-electron chi connectivity index (χ4n) is 3.15. The Kier molecular flexibility index (Phi) is 23.8. The van der Waals surface area contributed by atoms with E-state index in [1.807, 2.05) is 40.8 Å². The van der Waals surface area contributed by atoms with E-state index < -0.39 is 0 Å². The standard InChI is InChI=1S/C16H26N2.C12H15NO2.C2H6/c1-14-11-9-7-5-3-4-6-8-10-12-15(14)16(17)13-18-2;1-4-6-12(15-10(2)3)11(9-13)7-5-8-14;1-2/h6,8,10,12,17-18H,3-5,7,9,11,13H2,1-2H3;1,6-7,10,14H,5,8H2,2-3H3;1-2H3/b8-6?,12-10-,15-14-,17-16?;11-7-,12-6+;. The van der Waals surface area contributed by atoms with Gasteiger partial charge in [-0.2, -0.15) is 5.26 Å². The molecular formula is C30H47N3O2. The molecule has 3 N–H and O–H groups in total. The number of aliphatic hydroxyl groups excluding tert-OH is 1. The number of terminal acetylenes is 1. The van der Waals surface area contributed by atoms with E-state index in [9.17, 15) is 0 Å². The van der Waals surface area contributed by atoms with Gasteiger partial charge >= 0.3 is 0 Å². The Bertz CT molecular complexity index is 816. The molecule has 0 atom stereocenters. The summed E-state index contributed by atoms with van der Waals surface area (Å²) in [7, 11) is 1.89. The van der Waals surface area contributed by atoms with Gasteiger partial charge in [-0.25, -0.2) is 0 Å². The lowest BCUT2D eigenvalue weighted by Crippen LogP contribution is -2.19. The SMILES string of the molecule is C#C/C=C(OC(C)C)\C(C#N)=C/CCO.CC.CNCC(=N)C1=C(/C)CCCCCCC=C/C=C\1. The molecule has 5 heteroatoms. The van der Waals surface area contributed by atoms with Gasteiger partial charge in [-0.1, -0.05) is 68.6 Å². The van der Waals surface area contributed by atoms with Gasteiger partial charge < -0.3 is 20.6 Å². The topological polar surface area (TPSA) is 89.1 Å². The maximum atomic E-state index is 8.87. The second-order valence-corrected chi connectivity index (χ2v) is 8.03. The van der Waals surface area contributed by atoms with Crippen molar-refractivity contribution >= 4 is 5.71 Å². The molecule has 0 fully saturated rings. The highest BCUT2D eigenvalue weighted by Gasteiger charge is 2.07. The van der Waals surface area contributed by atoms with E-state index in [0.717, 1.165) is 12.0 Å². The first kappa shape index (κ1) is 34.3. The van der Waals surface area contributed by atoms with Crippen LogP contribution in [-0.4, -0.2) is 37.1 Å². The molecule has 0 unspecified atom stereocenters. The van der Waals surface area contributed by atoms with E-state index in [2.05, 4.69) is 42.5 Å². The second kappa shape index (κ2) is 24.3. The number of nitrogens with one attached hydrogen (secondary N) is 2. The Balaban J connectivity index is 0. The molecule has 0 saturated heterocycles. The third-order valence-corrected chi connectivity index (χ3v) is 4.76. The van der Waals surface area contributed by atoms with E-state index in [0.29, 0.717) is 30.0 Å². The highest BCUT2D eigenvalue weighted by Crippen LogP contribution is 2.17. The highest BCUT2D eigenvalue weighted by atomic mass is 16.5. The van der Waals surface area contributed by atoms with Crippen molar-refractivity contribution in [1.29, 1.82) is 10.7 Å². The first-order valence-corrected chi connectivity index (χ1v) is 12.7. The average Bonchev–Trinajstić information content (AvgIpc) is 2.83. The second-order valence-electron chi connectivity index (χ2n) is 8.03. The van der Waals surface area contributed by atoms with Crippen LogP contribution in [0.15, 0.2) is 58.9 Å². The van der Waals surface area contributed by atoms with Crippen LogP contribution < -0.4 is 5.32 Å². The Morgan fingerprint density at radius 1 is 1.26 bits per heavy atom. The Morgan fingerprint density at radius 2 is 1.94 bits per heavy atom. The summed E-state index contributed by atoms with van der Waals surface area (Å²) in [5, 5.41) is 28.7. The molecule has 1 aliphatic rings. The molecule has 0 amide bonds. The van der Waals surface area contributed by atoms with E-state index in [-0.39, 0.29) is 12.7 Å². The summed E-state index contributed by atoms with van der Waals surface area (Å²) in [4.78, 5) is 0. The van der Waals surface area contributed by atoms with Crippen molar-refractivity contribution in [2.45, 2.75) is 85.7 Å².